The van der Waals surface area contributed by atoms with E-state index in [-0.39, 0.29) is 10.8 Å². The van der Waals surface area contributed by atoms with E-state index in [9.17, 15) is 13.2 Å². The maximum Gasteiger partial charge on any atom is 0.243 e. The van der Waals surface area contributed by atoms with Crippen LogP contribution in [-0.2, 0) is 20.2 Å². The molecule has 34 heavy (non-hydrogen) atoms. The minimum Gasteiger partial charge on any atom is -0.325 e. The molecule has 1 amide bonds. The van der Waals surface area contributed by atoms with Gasteiger partial charge in [-0.1, -0.05) is 29.8 Å². The summed E-state index contributed by atoms with van der Waals surface area (Å²) in [5.41, 5.74) is 3.51. The number of benzene rings is 2. The Morgan fingerprint density at radius 3 is 2.09 bits per heavy atom. The molecule has 0 spiro atoms. The van der Waals surface area contributed by atoms with E-state index < -0.39 is 16.1 Å². The summed E-state index contributed by atoms with van der Waals surface area (Å²) in [7, 11) is -3.70. The van der Waals surface area contributed by atoms with Crippen LogP contribution in [0.4, 0.5) is 5.69 Å². The first-order chi connectivity index (χ1) is 16.3. The highest BCUT2D eigenvalue weighted by Gasteiger charge is 2.51. The average Bonchev–Trinajstić information content (AvgIpc) is 3.30. The summed E-state index contributed by atoms with van der Waals surface area (Å²) in [4.78, 5) is 13.4. The quantitative estimate of drug-likeness (QED) is 0.638. The molecule has 1 aliphatic heterocycles. The number of nitrogens with zero attached hydrogens (tertiary/aromatic N) is 1. The van der Waals surface area contributed by atoms with Gasteiger partial charge in [-0.2, -0.15) is 4.31 Å². The lowest BCUT2D eigenvalue weighted by molar-refractivity contribution is -0.119. The van der Waals surface area contributed by atoms with E-state index in [0.717, 1.165) is 29.0 Å². The van der Waals surface area contributed by atoms with Crippen LogP contribution in [0.2, 0.25) is 0 Å². The average molecular weight is 479 g/mol. The van der Waals surface area contributed by atoms with Gasteiger partial charge in [0, 0.05) is 12.2 Å². The molecule has 5 aliphatic rings. The van der Waals surface area contributed by atoms with Crippen molar-refractivity contribution in [3.05, 3.63) is 59.7 Å². The lowest BCUT2D eigenvalue weighted by Gasteiger charge is -2.57. The Morgan fingerprint density at radius 1 is 0.912 bits per heavy atom. The van der Waals surface area contributed by atoms with E-state index in [4.69, 9.17) is 0 Å². The Labute approximate surface area is 203 Å². The summed E-state index contributed by atoms with van der Waals surface area (Å²) in [6.45, 7) is 2.30. The Balaban J connectivity index is 1.17. The van der Waals surface area contributed by atoms with Gasteiger partial charge in [0.05, 0.1) is 4.90 Å². The zero-order valence-electron chi connectivity index (χ0n) is 19.9. The number of hydrogen-bond acceptors (Lipinski definition) is 3. The molecule has 5 fully saturated rings. The molecule has 1 N–H and O–H groups in total. The Bertz CT molecular complexity index is 1150. The van der Waals surface area contributed by atoms with Gasteiger partial charge < -0.3 is 5.32 Å². The topological polar surface area (TPSA) is 66.5 Å². The third-order valence-corrected chi connectivity index (χ3v) is 10.9. The summed E-state index contributed by atoms with van der Waals surface area (Å²) < 4.78 is 27.8. The van der Waals surface area contributed by atoms with E-state index in [0.29, 0.717) is 24.8 Å². The van der Waals surface area contributed by atoms with Crippen molar-refractivity contribution in [1.29, 1.82) is 0 Å². The van der Waals surface area contributed by atoms with E-state index in [1.807, 2.05) is 19.1 Å². The lowest BCUT2D eigenvalue weighted by Crippen LogP contribution is -2.48. The highest BCUT2D eigenvalue weighted by atomic mass is 32.2. The van der Waals surface area contributed by atoms with Gasteiger partial charge in [0.25, 0.3) is 0 Å². The number of nitrogens with one attached hydrogen (secondary N) is 1. The van der Waals surface area contributed by atoms with Gasteiger partial charge >= 0.3 is 0 Å². The molecule has 6 heteroatoms. The van der Waals surface area contributed by atoms with Crippen LogP contribution in [-0.4, -0.2) is 31.2 Å². The van der Waals surface area contributed by atoms with Crippen LogP contribution in [0.1, 0.15) is 62.5 Å². The molecule has 4 saturated carbocycles. The minimum atomic E-state index is -3.70. The first-order valence-corrected chi connectivity index (χ1v) is 14.3. The summed E-state index contributed by atoms with van der Waals surface area (Å²) in [6, 6.07) is 14.6. The molecule has 180 valence electrons. The molecule has 1 saturated heterocycles. The van der Waals surface area contributed by atoms with Crippen molar-refractivity contribution in [2.75, 3.05) is 11.9 Å². The van der Waals surface area contributed by atoms with Gasteiger partial charge in [-0.05, 0) is 111 Å². The predicted molar refractivity (Wildman–Crippen MR) is 133 cm³/mol. The number of aryl methyl sites for hydroxylation is 1. The molecule has 7 rings (SSSR count). The molecule has 1 atom stereocenters. The van der Waals surface area contributed by atoms with Crippen LogP contribution in [0.5, 0.6) is 0 Å². The summed E-state index contributed by atoms with van der Waals surface area (Å²) in [6.07, 6.45) is 9.47. The molecule has 2 aromatic rings. The molecule has 0 aromatic heterocycles. The van der Waals surface area contributed by atoms with Gasteiger partial charge in [0.1, 0.15) is 6.04 Å². The normalized spacial score (nSPS) is 32.7. The Kier molecular flexibility index (Phi) is 5.38. The van der Waals surface area contributed by atoms with E-state index in [1.54, 1.807) is 24.3 Å². The van der Waals surface area contributed by atoms with Crippen molar-refractivity contribution in [2.24, 2.45) is 17.8 Å². The van der Waals surface area contributed by atoms with Gasteiger partial charge in [0.15, 0.2) is 0 Å². The zero-order chi connectivity index (χ0) is 23.5. The summed E-state index contributed by atoms with van der Waals surface area (Å²) >= 11 is 0. The lowest BCUT2D eigenvalue weighted by atomic mass is 9.48. The molecule has 4 aliphatic carbocycles. The van der Waals surface area contributed by atoms with Crippen molar-refractivity contribution in [3.63, 3.8) is 0 Å². The fourth-order valence-electron chi connectivity index (χ4n) is 7.73. The largest absolute Gasteiger partial charge is 0.325 e. The van der Waals surface area contributed by atoms with Crippen LogP contribution < -0.4 is 5.32 Å². The zero-order valence-corrected chi connectivity index (χ0v) is 20.7. The molecule has 2 aromatic carbocycles. The first kappa shape index (κ1) is 22.3. The fourth-order valence-corrected chi connectivity index (χ4v) is 9.39. The van der Waals surface area contributed by atoms with Gasteiger partial charge in [0.2, 0.25) is 15.9 Å². The monoisotopic (exact) mass is 478 g/mol. The number of amides is 1. The smallest absolute Gasteiger partial charge is 0.243 e. The maximum atomic E-state index is 13.2. The second-order valence-electron chi connectivity index (χ2n) is 11.4. The fraction of sp³-hybridized carbons (Fsp3) is 0.536. The van der Waals surface area contributed by atoms with E-state index in [1.165, 1.54) is 48.4 Å². The van der Waals surface area contributed by atoms with Gasteiger partial charge in [-0.3, -0.25) is 4.79 Å². The van der Waals surface area contributed by atoms with Crippen LogP contribution in [0.15, 0.2) is 53.4 Å². The van der Waals surface area contributed by atoms with Crippen molar-refractivity contribution in [3.8, 4) is 0 Å². The SMILES string of the molecule is Cc1ccc(S(=O)(=O)N2CCC[C@@H]2C(=O)Nc2ccc(C34CC5CC(CC(C5)C3)C4)cc2)cc1. The van der Waals surface area contributed by atoms with Crippen molar-refractivity contribution >= 4 is 21.6 Å². The Hall–Kier alpha value is -2.18. The molecule has 0 radical (unpaired) electrons. The highest BCUT2D eigenvalue weighted by molar-refractivity contribution is 7.89. The molecular weight excluding hydrogens is 444 g/mol. The second-order valence-corrected chi connectivity index (χ2v) is 13.2. The van der Waals surface area contributed by atoms with Gasteiger partial charge in [-0.15, -0.1) is 0 Å². The Morgan fingerprint density at radius 2 is 1.50 bits per heavy atom. The second kappa shape index (κ2) is 8.20. The number of hydrogen-bond donors (Lipinski definition) is 1. The van der Waals surface area contributed by atoms with E-state index in [2.05, 4.69) is 17.4 Å². The number of carbonyl (C=O) groups excluding carboxylic acids is 1. The molecular formula is C28H34N2O3S. The van der Waals surface area contributed by atoms with E-state index >= 15 is 0 Å². The minimum absolute atomic E-state index is 0.240. The van der Waals surface area contributed by atoms with Gasteiger partial charge in [-0.25, -0.2) is 8.42 Å². The first-order valence-electron chi connectivity index (χ1n) is 12.8. The van der Waals surface area contributed by atoms with Crippen LogP contribution in [0.3, 0.4) is 0 Å². The third-order valence-electron chi connectivity index (χ3n) is 8.94. The number of anilines is 1. The van der Waals surface area contributed by atoms with Crippen molar-refractivity contribution < 1.29 is 13.2 Å². The third kappa shape index (κ3) is 3.79. The molecule has 1 heterocycles. The molecule has 5 nitrogen and oxygen atoms in total. The van der Waals surface area contributed by atoms with Crippen molar-refractivity contribution in [2.45, 2.75) is 74.6 Å². The predicted octanol–water partition coefficient (Wildman–Crippen LogP) is 5.25. The highest BCUT2D eigenvalue weighted by Crippen LogP contribution is 2.60. The summed E-state index contributed by atoms with van der Waals surface area (Å²) in [5.74, 6) is 2.45. The van der Waals surface area contributed by atoms with Crippen molar-refractivity contribution in [1.82, 2.24) is 4.31 Å². The number of carbonyl (C=O) groups is 1. The van der Waals surface area contributed by atoms with Crippen LogP contribution in [0, 0.1) is 24.7 Å². The standard InChI is InChI=1S/C28H34N2O3S/c1-19-4-10-25(11-5-19)34(32,33)30-12-2-3-26(30)27(31)29-24-8-6-23(7-9-24)28-16-20-13-21(17-28)15-22(14-20)18-28/h4-11,20-22,26H,2-3,12-18H2,1H3,(H,29,31)/t20?,21?,22?,26-,28?/m1/s1. The molecule has 0 unspecified atom stereocenters. The summed E-state index contributed by atoms with van der Waals surface area (Å²) in [5, 5.41) is 3.00. The van der Waals surface area contributed by atoms with Crippen LogP contribution >= 0.6 is 0 Å². The molecule has 4 bridgehead atoms. The number of sulfonamides is 1. The number of rotatable bonds is 5. The maximum absolute atomic E-state index is 13.2. The van der Waals surface area contributed by atoms with Crippen LogP contribution in [0.25, 0.3) is 0 Å².